The highest BCUT2D eigenvalue weighted by Gasteiger charge is 2.25. The molecule has 25 heavy (non-hydrogen) atoms. The fourth-order valence-corrected chi connectivity index (χ4v) is 3.15. The predicted molar refractivity (Wildman–Crippen MR) is 96.2 cm³/mol. The molecule has 1 aliphatic rings. The van der Waals surface area contributed by atoms with Crippen LogP contribution in [0, 0.1) is 16.0 Å². The summed E-state index contributed by atoms with van der Waals surface area (Å²) in [5.74, 6) is 0.0859. The van der Waals surface area contributed by atoms with E-state index < -0.39 is 0 Å². The lowest BCUT2D eigenvalue weighted by molar-refractivity contribution is -0.384. The Hall–Kier alpha value is -2.73. The molecule has 0 aliphatic carbocycles. The maximum Gasteiger partial charge on any atom is 0.269 e. The van der Waals surface area contributed by atoms with Crippen molar-refractivity contribution in [3.63, 3.8) is 0 Å². The molecule has 2 aromatic rings. The Morgan fingerprint density at radius 3 is 2.52 bits per heavy atom. The van der Waals surface area contributed by atoms with Crippen molar-refractivity contribution in [3.8, 4) is 0 Å². The zero-order chi connectivity index (χ0) is 17.6. The van der Waals surface area contributed by atoms with Crippen LogP contribution in [0.3, 0.4) is 0 Å². The number of nitro groups is 1. The summed E-state index contributed by atoms with van der Waals surface area (Å²) < 4.78 is 0. The quantitative estimate of drug-likeness (QED) is 0.669. The first kappa shape index (κ1) is 17.1. The van der Waals surface area contributed by atoms with Crippen molar-refractivity contribution in [2.75, 3.05) is 18.4 Å². The van der Waals surface area contributed by atoms with Gasteiger partial charge in [0.1, 0.15) is 0 Å². The molecule has 0 aromatic heterocycles. The molecular weight excluding hydrogens is 318 g/mol. The molecule has 2 aromatic carbocycles. The molecule has 1 saturated heterocycles. The number of hydrogen-bond acceptors (Lipinski definition) is 4. The normalized spacial score (nSPS) is 15.7. The van der Waals surface area contributed by atoms with E-state index in [9.17, 15) is 14.9 Å². The summed E-state index contributed by atoms with van der Waals surface area (Å²) in [6.07, 6.45) is 1.60. The number of nitrogens with one attached hydrogen (secondary N) is 1. The summed E-state index contributed by atoms with van der Waals surface area (Å²) in [5, 5.41) is 13.8. The van der Waals surface area contributed by atoms with Gasteiger partial charge in [-0.15, -0.1) is 0 Å². The molecule has 1 amide bonds. The minimum Gasteiger partial charge on any atom is -0.326 e. The molecule has 0 atom stereocenters. The lowest BCUT2D eigenvalue weighted by Crippen LogP contribution is -2.37. The molecule has 0 bridgehead atoms. The summed E-state index contributed by atoms with van der Waals surface area (Å²) >= 11 is 0. The van der Waals surface area contributed by atoms with Crippen molar-refractivity contribution in [2.45, 2.75) is 19.4 Å². The highest BCUT2D eigenvalue weighted by Crippen LogP contribution is 2.22. The summed E-state index contributed by atoms with van der Waals surface area (Å²) in [7, 11) is 0. The molecule has 1 N–H and O–H groups in total. The number of hydrogen-bond donors (Lipinski definition) is 1. The minimum absolute atomic E-state index is 0.0153. The van der Waals surface area contributed by atoms with Gasteiger partial charge in [-0.25, -0.2) is 0 Å². The first-order valence-corrected chi connectivity index (χ1v) is 8.43. The van der Waals surface area contributed by atoms with Crippen molar-refractivity contribution < 1.29 is 9.72 Å². The molecule has 0 unspecified atom stereocenters. The number of carbonyl (C=O) groups excluding carboxylic acids is 1. The van der Waals surface area contributed by atoms with Crippen LogP contribution >= 0.6 is 0 Å². The standard InChI is InChI=1S/C19H21N3O3/c23-19(20-17-6-2-1-3-7-17)16-9-11-21(12-10-16)14-15-5-4-8-18(13-15)22(24)25/h1-8,13,16H,9-12,14H2,(H,20,23). The number of amides is 1. The van der Waals surface area contributed by atoms with Gasteiger partial charge in [-0.2, -0.15) is 0 Å². The number of nitrogens with zero attached hydrogens (tertiary/aromatic N) is 2. The van der Waals surface area contributed by atoms with E-state index >= 15 is 0 Å². The third-order valence-electron chi connectivity index (χ3n) is 4.53. The van der Waals surface area contributed by atoms with E-state index in [4.69, 9.17) is 0 Å². The average Bonchev–Trinajstić information content (AvgIpc) is 2.63. The predicted octanol–water partition coefficient (Wildman–Crippen LogP) is 3.45. The van der Waals surface area contributed by atoms with Crippen LogP contribution in [0.5, 0.6) is 0 Å². The molecule has 130 valence electrons. The van der Waals surface area contributed by atoms with Gasteiger partial charge < -0.3 is 5.32 Å². The zero-order valence-corrected chi connectivity index (χ0v) is 13.9. The number of carbonyl (C=O) groups is 1. The van der Waals surface area contributed by atoms with Gasteiger partial charge >= 0.3 is 0 Å². The van der Waals surface area contributed by atoms with Gasteiger partial charge in [-0.05, 0) is 43.6 Å². The molecule has 0 saturated carbocycles. The molecule has 1 heterocycles. The molecule has 6 heteroatoms. The molecule has 1 aliphatic heterocycles. The van der Waals surface area contributed by atoms with Gasteiger partial charge in [0.2, 0.25) is 5.91 Å². The monoisotopic (exact) mass is 339 g/mol. The van der Waals surface area contributed by atoms with Crippen LogP contribution in [0.4, 0.5) is 11.4 Å². The van der Waals surface area contributed by atoms with E-state index in [1.165, 1.54) is 6.07 Å². The van der Waals surface area contributed by atoms with Crippen LogP contribution in [-0.2, 0) is 11.3 Å². The number of rotatable bonds is 5. The first-order valence-electron chi connectivity index (χ1n) is 8.43. The summed E-state index contributed by atoms with van der Waals surface area (Å²) in [5.41, 5.74) is 1.88. The number of piperidine rings is 1. The summed E-state index contributed by atoms with van der Waals surface area (Å²) in [6, 6.07) is 16.2. The van der Waals surface area contributed by atoms with Crippen LogP contribution in [0.1, 0.15) is 18.4 Å². The molecular formula is C19H21N3O3. The second-order valence-electron chi connectivity index (χ2n) is 6.33. The first-order chi connectivity index (χ1) is 12.1. The van der Waals surface area contributed by atoms with Crippen molar-refractivity contribution in [3.05, 3.63) is 70.3 Å². The van der Waals surface area contributed by atoms with Crippen molar-refractivity contribution in [1.29, 1.82) is 0 Å². The van der Waals surface area contributed by atoms with E-state index in [2.05, 4.69) is 10.2 Å². The van der Waals surface area contributed by atoms with Crippen LogP contribution in [-0.4, -0.2) is 28.8 Å². The van der Waals surface area contributed by atoms with Crippen LogP contribution in [0.25, 0.3) is 0 Å². The van der Waals surface area contributed by atoms with E-state index in [-0.39, 0.29) is 22.4 Å². The smallest absolute Gasteiger partial charge is 0.269 e. The minimum atomic E-state index is -0.371. The fourth-order valence-electron chi connectivity index (χ4n) is 3.15. The summed E-state index contributed by atoms with van der Waals surface area (Å²) in [4.78, 5) is 25.1. The number of anilines is 1. The number of non-ortho nitro benzene ring substituents is 1. The van der Waals surface area contributed by atoms with E-state index in [0.717, 1.165) is 37.2 Å². The number of para-hydroxylation sites is 1. The van der Waals surface area contributed by atoms with Crippen LogP contribution in [0.15, 0.2) is 54.6 Å². The Morgan fingerprint density at radius 2 is 1.84 bits per heavy atom. The topological polar surface area (TPSA) is 75.5 Å². The van der Waals surface area contributed by atoms with Crippen molar-refractivity contribution in [2.24, 2.45) is 5.92 Å². The Labute approximate surface area is 146 Å². The van der Waals surface area contributed by atoms with Gasteiger partial charge in [0.05, 0.1) is 4.92 Å². The van der Waals surface area contributed by atoms with Gasteiger partial charge in [-0.1, -0.05) is 30.3 Å². The maximum absolute atomic E-state index is 12.3. The molecule has 3 rings (SSSR count). The maximum atomic E-state index is 12.3. The SMILES string of the molecule is O=C(Nc1ccccc1)C1CCN(Cc2cccc([N+](=O)[O-])c2)CC1. The number of nitro benzene ring substituents is 1. The molecule has 1 fully saturated rings. The van der Waals surface area contributed by atoms with E-state index in [1.807, 2.05) is 36.4 Å². The largest absolute Gasteiger partial charge is 0.326 e. The Balaban J connectivity index is 1.51. The Morgan fingerprint density at radius 1 is 1.12 bits per heavy atom. The van der Waals surface area contributed by atoms with Gasteiger partial charge in [0.25, 0.3) is 5.69 Å². The number of likely N-dealkylation sites (tertiary alicyclic amines) is 1. The van der Waals surface area contributed by atoms with E-state index in [1.54, 1.807) is 12.1 Å². The van der Waals surface area contributed by atoms with E-state index in [0.29, 0.717) is 6.54 Å². The van der Waals surface area contributed by atoms with Gasteiger partial charge in [0.15, 0.2) is 0 Å². The fraction of sp³-hybridized carbons (Fsp3) is 0.316. The van der Waals surface area contributed by atoms with Crippen molar-refractivity contribution >= 4 is 17.3 Å². The van der Waals surface area contributed by atoms with Crippen molar-refractivity contribution in [1.82, 2.24) is 4.90 Å². The second-order valence-corrected chi connectivity index (χ2v) is 6.33. The average molecular weight is 339 g/mol. The molecule has 0 spiro atoms. The Kier molecular flexibility index (Phi) is 5.40. The van der Waals surface area contributed by atoms with Gasteiger partial charge in [0, 0.05) is 30.3 Å². The van der Waals surface area contributed by atoms with Crippen LogP contribution in [0.2, 0.25) is 0 Å². The summed E-state index contributed by atoms with van der Waals surface area (Å²) in [6.45, 7) is 2.31. The molecule has 6 nitrogen and oxygen atoms in total. The highest BCUT2D eigenvalue weighted by atomic mass is 16.6. The third-order valence-corrected chi connectivity index (χ3v) is 4.53. The highest BCUT2D eigenvalue weighted by molar-refractivity contribution is 5.92. The lowest BCUT2D eigenvalue weighted by Gasteiger charge is -2.31. The Bertz CT molecular complexity index is 741. The van der Waals surface area contributed by atoms with Gasteiger partial charge in [-0.3, -0.25) is 19.8 Å². The third kappa shape index (κ3) is 4.64. The zero-order valence-electron chi connectivity index (χ0n) is 13.9. The second kappa shape index (κ2) is 7.90. The van der Waals surface area contributed by atoms with Crippen LogP contribution < -0.4 is 5.32 Å². The number of benzene rings is 2. The lowest BCUT2D eigenvalue weighted by atomic mass is 9.95. The molecule has 0 radical (unpaired) electrons.